The van der Waals surface area contributed by atoms with Crippen LogP contribution in [0.1, 0.15) is 36.9 Å². The summed E-state index contributed by atoms with van der Waals surface area (Å²) in [5.41, 5.74) is 0.879. The first-order valence-electron chi connectivity index (χ1n) is 10.9. The number of hydrogen-bond donors (Lipinski definition) is 3. The topological polar surface area (TPSA) is 90.4 Å². The molecular weight excluding hydrogens is 429 g/mol. The standard InChI is InChI=1S/C23H28FN5O2S/c1-29(22-26-13-11-18(27-22)14-20-21(30)28-23(31)32-20)19-8-6-17(7-9-19)25-12-10-15-2-4-16(24)5-3-15/h2-5,11,13-14,17,19,23,25,31H,6-10,12H2,1H3,(H,28,30). The van der Waals surface area contributed by atoms with Crippen LogP contribution in [0.5, 0.6) is 0 Å². The van der Waals surface area contributed by atoms with E-state index in [0.29, 0.717) is 28.6 Å². The summed E-state index contributed by atoms with van der Waals surface area (Å²) < 4.78 is 13.0. The van der Waals surface area contributed by atoms with Crippen LogP contribution in [0.2, 0.25) is 0 Å². The largest absolute Gasteiger partial charge is 0.364 e. The Balaban J connectivity index is 1.27. The van der Waals surface area contributed by atoms with Gasteiger partial charge in [-0.1, -0.05) is 23.9 Å². The van der Waals surface area contributed by atoms with E-state index >= 15 is 0 Å². The third-order valence-electron chi connectivity index (χ3n) is 5.98. The minimum atomic E-state index is -0.905. The first-order valence-corrected chi connectivity index (χ1v) is 11.8. The number of benzene rings is 1. The van der Waals surface area contributed by atoms with E-state index in [0.717, 1.165) is 56.0 Å². The normalized spacial score (nSPS) is 24.5. The molecule has 1 aliphatic carbocycles. The van der Waals surface area contributed by atoms with E-state index in [1.54, 1.807) is 18.3 Å². The summed E-state index contributed by atoms with van der Waals surface area (Å²) in [5.74, 6) is 0.148. The molecule has 0 bridgehead atoms. The minimum absolute atomic E-state index is 0.197. The summed E-state index contributed by atoms with van der Waals surface area (Å²) in [6, 6.07) is 9.30. The Labute approximate surface area is 191 Å². The maximum Gasteiger partial charge on any atom is 0.260 e. The molecular formula is C23H28FN5O2S. The van der Waals surface area contributed by atoms with Gasteiger partial charge in [-0.3, -0.25) is 4.79 Å². The lowest BCUT2D eigenvalue weighted by molar-refractivity contribution is -0.117. The molecule has 2 heterocycles. The van der Waals surface area contributed by atoms with Crippen LogP contribution < -0.4 is 15.5 Å². The second-order valence-corrected chi connectivity index (χ2v) is 9.30. The highest BCUT2D eigenvalue weighted by Gasteiger charge is 2.27. The molecule has 170 valence electrons. The quantitative estimate of drug-likeness (QED) is 0.551. The number of aromatic nitrogens is 2. The molecule has 1 amide bonds. The fraction of sp³-hybridized carbons (Fsp3) is 0.435. The summed E-state index contributed by atoms with van der Waals surface area (Å²) in [4.78, 5) is 23.4. The fourth-order valence-corrected chi connectivity index (χ4v) is 4.90. The number of amides is 1. The number of carbonyl (C=O) groups is 1. The van der Waals surface area contributed by atoms with E-state index in [9.17, 15) is 14.3 Å². The zero-order chi connectivity index (χ0) is 22.5. The van der Waals surface area contributed by atoms with Gasteiger partial charge >= 0.3 is 0 Å². The van der Waals surface area contributed by atoms with E-state index < -0.39 is 5.56 Å². The average molecular weight is 458 g/mol. The molecule has 1 saturated heterocycles. The summed E-state index contributed by atoms with van der Waals surface area (Å²) in [5, 5.41) is 15.6. The number of rotatable bonds is 7. The zero-order valence-electron chi connectivity index (χ0n) is 18.0. The van der Waals surface area contributed by atoms with Crippen LogP contribution in [0.3, 0.4) is 0 Å². The van der Waals surface area contributed by atoms with Gasteiger partial charge in [-0.25, -0.2) is 14.4 Å². The molecule has 0 spiro atoms. The van der Waals surface area contributed by atoms with E-state index in [1.165, 1.54) is 12.1 Å². The second kappa shape index (κ2) is 10.4. The molecule has 32 heavy (non-hydrogen) atoms. The monoisotopic (exact) mass is 457 g/mol. The Kier molecular flexibility index (Phi) is 7.39. The lowest BCUT2D eigenvalue weighted by Crippen LogP contribution is -2.42. The van der Waals surface area contributed by atoms with Crippen molar-refractivity contribution in [2.75, 3.05) is 18.5 Å². The van der Waals surface area contributed by atoms with Gasteiger partial charge in [0.2, 0.25) is 5.95 Å². The number of aliphatic hydroxyl groups is 1. The van der Waals surface area contributed by atoms with Crippen molar-refractivity contribution < 1.29 is 14.3 Å². The molecule has 4 rings (SSSR count). The zero-order valence-corrected chi connectivity index (χ0v) is 18.8. The fourth-order valence-electron chi connectivity index (χ4n) is 4.13. The highest BCUT2D eigenvalue weighted by Crippen LogP contribution is 2.28. The van der Waals surface area contributed by atoms with E-state index in [2.05, 4.69) is 25.5 Å². The predicted octanol–water partition coefficient (Wildman–Crippen LogP) is 2.68. The molecule has 2 aliphatic rings. The van der Waals surface area contributed by atoms with Crippen LogP contribution in [0, 0.1) is 5.82 Å². The molecule has 9 heteroatoms. The van der Waals surface area contributed by atoms with Gasteiger partial charge in [-0.2, -0.15) is 0 Å². The van der Waals surface area contributed by atoms with Gasteiger partial charge in [0, 0.05) is 25.3 Å². The van der Waals surface area contributed by atoms with Gasteiger partial charge in [-0.05, 0) is 68.5 Å². The molecule has 1 aliphatic heterocycles. The van der Waals surface area contributed by atoms with Crippen LogP contribution in [-0.4, -0.2) is 52.2 Å². The van der Waals surface area contributed by atoms with Gasteiger partial charge in [0.15, 0.2) is 5.56 Å². The van der Waals surface area contributed by atoms with Crippen molar-refractivity contribution >= 4 is 29.7 Å². The Morgan fingerprint density at radius 3 is 2.69 bits per heavy atom. The number of carbonyl (C=O) groups excluding carboxylic acids is 1. The average Bonchev–Trinajstić information content (AvgIpc) is 3.11. The number of hydrogen-bond acceptors (Lipinski definition) is 7. The van der Waals surface area contributed by atoms with Crippen LogP contribution in [-0.2, 0) is 11.2 Å². The maximum atomic E-state index is 13.0. The lowest BCUT2D eigenvalue weighted by atomic mass is 9.90. The highest BCUT2D eigenvalue weighted by molar-refractivity contribution is 8.05. The molecule has 7 nitrogen and oxygen atoms in total. The lowest BCUT2D eigenvalue weighted by Gasteiger charge is -2.35. The van der Waals surface area contributed by atoms with Crippen molar-refractivity contribution in [3.05, 3.63) is 58.5 Å². The first kappa shape index (κ1) is 22.7. The summed E-state index contributed by atoms with van der Waals surface area (Å²) in [6.45, 7) is 0.886. The Morgan fingerprint density at radius 1 is 1.25 bits per heavy atom. The number of nitrogens with zero attached hydrogens (tertiary/aromatic N) is 3. The van der Waals surface area contributed by atoms with Gasteiger partial charge in [0.1, 0.15) is 5.82 Å². The van der Waals surface area contributed by atoms with Crippen LogP contribution in [0.15, 0.2) is 41.4 Å². The number of halogens is 1. The molecule has 0 radical (unpaired) electrons. The van der Waals surface area contributed by atoms with Crippen molar-refractivity contribution in [1.29, 1.82) is 0 Å². The molecule has 3 N–H and O–H groups in total. The third-order valence-corrected chi connectivity index (χ3v) is 6.88. The minimum Gasteiger partial charge on any atom is -0.364 e. The van der Waals surface area contributed by atoms with Crippen molar-refractivity contribution in [2.24, 2.45) is 0 Å². The predicted molar refractivity (Wildman–Crippen MR) is 124 cm³/mol. The second-order valence-electron chi connectivity index (χ2n) is 8.18. The maximum absolute atomic E-state index is 13.0. The molecule has 2 aromatic rings. The molecule has 2 fully saturated rings. The first-order chi connectivity index (χ1) is 15.5. The van der Waals surface area contributed by atoms with Gasteiger partial charge in [0.25, 0.3) is 5.91 Å². The Morgan fingerprint density at radius 2 is 2.00 bits per heavy atom. The number of thioether (sulfide) groups is 1. The molecule has 1 atom stereocenters. The Hall–Kier alpha value is -2.49. The van der Waals surface area contributed by atoms with E-state index in [4.69, 9.17) is 0 Å². The number of anilines is 1. The van der Waals surface area contributed by atoms with Crippen molar-refractivity contribution in [2.45, 2.75) is 49.7 Å². The van der Waals surface area contributed by atoms with Gasteiger partial charge < -0.3 is 20.6 Å². The van der Waals surface area contributed by atoms with Crippen molar-refractivity contribution in [3.63, 3.8) is 0 Å². The summed E-state index contributed by atoms with van der Waals surface area (Å²) >= 11 is 1.07. The number of nitrogens with one attached hydrogen (secondary N) is 2. The van der Waals surface area contributed by atoms with Crippen LogP contribution in [0.4, 0.5) is 10.3 Å². The Bertz CT molecular complexity index is 963. The summed E-state index contributed by atoms with van der Waals surface area (Å²) in [7, 11) is 2.01. The highest BCUT2D eigenvalue weighted by atomic mass is 32.2. The summed E-state index contributed by atoms with van der Waals surface area (Å²) in [6.07, 6.45) is 8.52. The van der Waals surface area contributed by atoms with Crippen molar-refractivity contribution in [1.82, 2.24) is 20.6 Å². The van der Waals surface area contributed by atoms with Gasteiger partial charge in [0.05, 0.1) is 10.6 Å². The smallest absolute Gasteiger partial charge is 0.260 e. The SMILES string of the molecule is CN(c1nccc(C=C2SC(O)NC2=O)n1)C1CCC(NCCc2ccc(F)cc2)CC1. The van der Waals surface area contributed by atoms with Crippen LogP contribution in [0.25, 0.3) is 6.08 Å². The van der Waals surface area contributed by atoms with Crippen LogP contribution >= 0.6 is 11.8 Å². The molecule has 1 saturated carbocycles. The van der Waals surface area contributed by atoms with E-state index in [1.807, 2.05) is 19.2 Å². The van der Waals surface area contributed by atoms with Crippen molar-refractivity contribution in [3.8, 4) is 0 Å². The molecule has 1 aromatic heterocycles. The molecule has 1 unspecified atom stereocenters. The molecule has 1 aromatic carbocycles. The van der Waals surface area contributed by atoms with Gasteiger partial charge in [-0.15, -0.1) is 0 Å². The third kappa shape index (κ3) is 5.85. The number of aliphatic hydroxyl groups excluding tert-OH is 1. The van der Waals surface area contributed by atoms with E-state index in [-0.39, 0.29) is 11.7 Å².